The first-order chi connectivity index (χ1) is 8.22. The summed E-state index contributed by atoms with van der Waals surface area (Å²) < 4.78 is 6.06. The molecular formula is C13H17N3O. The molecule has 1 aromatic carbocycles. The number of fused-ring (bicyclic) bond motifs is 1. The fraction of sp³-hybridized carbons (Fsp3) is 0.462. The monoisotopic (exact) mass is 231 g/mol. The van der Waals surface area contributed by atoms with Crippen LogP contribution in [0.4, 0.5) is 0 Å². The molecule has 4 nitrogen and oxygen atoms in total. The van der Waals surface area contributed by atoms with Gasteiger partial charge in [-0.1, -0.05) is 0 Å². The topological polar surface area (TPSA) is 41.1 Å². The van der Waals surface area contributed by atoms with E-state index < -0.39 is 0 Å². The van der Waals surface area contributed by atoms with E-state index in [2.05, 4.69) is 41.2 Å². The Labute approximate surface area is 101 Å². The third kappa shape index (κ3) is 2.00. The molecular weight excluding hydrogens is 214 g/mol. The Balaban J connectivity index is 1.86. The number of likely N-dealkylation sites (N-methyl/N-ethyl adjacent to an activating group) is 1. The van der Waals surface area contributed by atoms with Gasteiger partial charge in [0, 0.05) is 24.5 Å². The molecule has 0 amide bonds. The molecule has 0 radical (unpaired) electrons. The smallest absolute Gasteiger partial charge is 0.124 e. The highest BCUT2D eigenvalue weighted by Crippen LogP contribution is 2.26. The Kier molecular flexibility index (Phi) is 2.52. The van der Waals surface area contributed by atoms with Gasteiger partial charge in [0.15, 0.2) is 0 Å². The number of nitrogens with one attached hydrogen (secondary N) is 1. The minimum absolute atomic E-state index is 0.319. The fourth-order valence-electron chi connectivity index (χ4n) is 2.38. The van der Waals surface area contributed by atoms with Crippen molar-refractivity contribution in [3.8, 4) is 5.75 Å². The predicted octanol–water partition coefficient (Wildman–Crippen LogP) is 1.95. The number of aromatic nitrogens is 2. The first kappa shape index (κ1) is 10.6. The Morgan fingerprint density at radius 1 is 1.47 bits per heavy atom. The summed E-state index contributed by atoms with van der Waals surface area (Å²) in [6, 6.07) is 4.17. The van der Waals surface area contributed by atoms with Crippen molar-refractivity contribution in [2.24, 2.45) is 0 Å². The number of ether oxygens (including phenoxy) is 1. The van der Waals surface area contributed by atoms with E-state index in [1.54, 1.807) is 0 Å². The molecule has 17 heavy (non-hydrogen) atoms. The van der Waals surface area contributed by atoms with Crippen LogP contribution in [0.3, 0.4) is 0 Å². The van der Waals surface area contributed by atoms with Gasteiger partial charge in [0.25, 0.3) is 0 Å². The van der Waals surface area contributed by atoms with Crippen LogP contribution in [0.1, 0.15) is 12.0 Å². The summed E-state index contributed by atoms with van der Waals surface area (Å²) in [6.07, 6.45) is 3.27. The molecule has 3 rings (SSSR count). The van der Waals surface area contributed by atoms with E-state index in [0.29, 0.717) is 6.10 Å². The van der Waals surface area contributed by atoms with Crippen LogP contribution in [-0.2, 0) is 0 Å². The van der Waals surface area contributed by atoms with Crippen molar-refractivity contribution in [1.82, 2.24) is 15.1 Å². The summed E-state index contributed by atoms with van der Waals surface area (Å²) in [4.78, 5) is 2.30. The highest BCUT2D eigenvalue weighted by molar-refractivity contribution is 5.80. The van der Waals surface area contributed by atoms with Gasteiger partial charge in [-0.15, -0.1) is 0 Å². The second-order valence-corrected chi connectivity index (χ2v) is 4.87. The molecule has 1 saturated heterocycles. The fourth-order valence-corrected chi connectivity index (χ4v) is 2.38. The largest absolute Gasteiger partial charge is 0.489 e. The maximum atomic E-state index is 6.06. The number of aromatic amines is 1. The first-order valence-electron chi connectivity index (χ1n) is 6.01. The molecule has 0 unspecified atom stereocenters. The van der Waals surface area contributed by atoms with E-state index in [1.807, 2.05) is 6.20 Å². The zero-order valence-electron chi connectivity index (χ0n) is 10.2. The minimum atomic E-state index is 0.319. The highest BCUT2D eigenvalue weighted by atomic mass is 16.5. The van der Waals surface area contributed by atoms with E-state index in [1.165, 1.54) is 5.56 Å². The number of H-pyrrole nitrogens is 1. The van der Waals surface area contributed by atoms with Crippen LogP contribution < -0.4 is 4.74 Å². The van der Waals surface area contributed by atoms with E-state index in [0.717, 1.165) is 36.2 Å². The lowest BCUT2D eigenvalue weighted by molar-refractivity contribution is 0.207. The molecule has 2 heterocycles. The molecule has 1 aromatic heterocycles. The highest BCUT2D eigenvalue weighted by Gasteiger charge is 2.21. The summed E-state index contributed by atoms with van der Waals surface area (Å²) in [7, 11) is 2.13. The maximum Gasteiger partial charge on any atom is 0.124 e. The van der Waals surface area contributed by atoms with E-state index >= 15 is 0 Å². The maximum absolute atomic E-state index is 6.06. The van der Waals surface area contributed by atoms with Gasteiger partial charge in [-0.3, -0.25) is 5.10 Å². The lowest BCUT2D eigenvalue weighted by atomic mass is 10.1. The predicted molar refractivity (Wildman–Crippen MR) is 67.4 cm³/mol. The third-order valence-electron chi connectivity index (χ3n) is 3.38. The molecule has 0 spiro atoms. The van der Waals surface area contributed by atoms with Gasteiger partial charge in [-0.25, -0.2) is 0 Å². The van der Waals surface area contributed by atoms with Crippen LogP contribution in [0.25, 0.3) is 10.9 Å². The van der Waals surface area contributed by atoms with Crippen molar-refractivity contribution in [3.63, 3.8) is 0 Å². The Morgan fingerprint density at radius 2 is 2.35 bits per heavy atom. The van der Waals surface area contributed by atoms with Crippen molar-refractivity contribution in [3.05, 3.63) is 23.9 Å². The Morgan fingerprint density at radius 3 is 3.12 bits per heavy atom. The normalized spacial score (nSPS) is 21.2. The average Bonchev–Trinajstić information content (AvgIpc) is 2.88. The average molecular weight is 231 g/mol. The van der Waals surface area contributed by atoms with Crippen molar-refractivity contribution in [2.45, 2.75) is 19.4 Å². The number of benzene rings is 1. The van der Waals surface area contributed by atoms with E-state index in [4.69, 9.17) is 4.74 Å². The van der Waals surface area contributed by atoms with Gasteiger partial charge in [0.05, 0.1) is 11.7 Å². The molecule has 90 valence electrons. The second kappa shape index (κ2) is 4.04. The third-order valence-corrected chi connectivity index (χ3v) is 3.38. The zero-order valence-corrected chi connectivity index (χ0v) is 10.2. The molecule has 1 atom stereocenters. The van der Waals surface area contributed by atoms with Crippen molar-refractivity contribution in [2.75, 3.05) is 20.1 Å². The van der Waals surface area contributed by atoms with Gasteiger partial charge >= 0.3 is 0 Å². The minimum Gasteiger partial charge on any atom is -0.489 e. The van der Waals surface area contributed by atoms with Crippen LogP contribution in [0.5, 0.6) is 5.75 Å². The number of hydrogen-bond donors (Lipinski definition) is 1. The summed E-state index contributed by atoms with van der Waals surface area (Å²) in [5.41, 5.74) is 2.21. The van der Waals surface area contributed by atoms with Gasteiger partial charge in [0.2, 0.25) is 0 Å². The van der Waals surface area contributed by atoms with Gasteiger partial charge in [-0.05, 0) is 32.0 Å². The molecule has 0 bridgehead atoms. The van der Waals surface area contributed by atoms with Crippen molar-refractivity contribution < 1.29 is 4.74 Å². The number of nitrogens with zero attached hydrogens (tertiary/aromatic N) is 2. The first-order valence-corrected chi connectivity index (χ1v) is 6.01. The van der Waals surface area contributed by atoms with Crippen LogP contribution >= 0.6 is 0 Å². The van der Waals surface area contributed by atoms with Crippen LogP contribution in [0, 0.1) is 6.92 Å². The number of rotatable bonds is 2. The standard InChI is InChI=1S/C13H17N3O/c1-9-5-10-7-14-15-12(10)6-13(9)17-11-3-4-16(2)8-11/h5-7,11H,3-4,8H2,1-2H3,(H,14,15)/t11-/m1/s1. The Hall–Kier alpha value is -1.55. The van der Waals surface area contributed by atoms with Gasteiger partial charge < -0.3 is 9.64 Å². The van der Waals surface area contributed by atoms with Crippen molar-refractivity contribution in [1.29, 1.82) is 0 Å². The molecule has 0 aliphatic carbocycles. The van der Waals surface area contributed by atoms with Crippen LogP contribution in [0.15, 0.2) is 18.3 Å². The van der Waals surface area contributed by atoms with E-state index in [-0.39, 0.29) is 0 Å². The second-order valence-electron chi connectivity index (χ2n) is 4.87. The van der Waals surface area contributed by atoms with Crippen molar-refractivity contribution >= 4 is 10.9 Å². The molecule has 1 N–H and O–H groups in total. The number of hydrogen-bond acceptors (Lipinski definition) is 3. The SMILES string of the molecule is Cc1cc2cn[nH]c2cc1O[C@@H]1CCN(C)C1. The summed E-state index contributed by atoms with van der Waals surface area (Å²) in [5.74, 6) is 0.974. The van der Waals surface area contributed by atoms with Crippen LogP contribution in [-0.4, -0.2) is 41.3 Å². The molecule has 1 aliphatic rings. The van der Waals surface area contributed by atoms with Crippen LogP contribution in [0.2, 0.25) is 0 Å². The summed E-state index contributed by atoms with van der Waals surface area (Å²) in [6.45, 7) is 4.22. The quantitative estimate of drug-likeness (QED) is 0.859. The van der Waals surface area contributed by atoms with Gasteiger partial charge in [-0.2, -0.15) is 5.10 Å². The molecule has 1 aliphatic heterocycles. The molecule has 1 fully saturated rings. The number of likely N-dealkylation sites (tertiary alicyclic amines) is 1. The molecule has 0 saturated carbocycles. The number of aryl methyl sites for hydroxylation is 1. The zero-order chi connectivity index (χ0) is 11.8. The lowest BCUT2D eigenvalue weighted by Gasteiger charge is -2.15. The lowest BCUT2D eigenvalue weighted by Crippen LogP contribution is -2.21. The summed E-state index contributed by atoms with van der Waals surface area (Å²) in [5, 5.41) is 8.16. The Bertz CT molecular complexity index is 534. The molecule has 4 heteroatoms. The molecule has 2 aromatic rings. The summed E-state index contributed by atoms with van der Waals surface area (Å²) >= 11 is 0. The van der Waals surface area contributed by atoms with E-state index in [9.17, 15) is 0 Å². The van der Waals surface area contributed by atoms with Gasteiger partial charge in [0.1, 0.15) is 11.9 Å².